The summed E-state index contributed by atoms with van der Waals surface area (Å²) in [6.45, 7) is 0.604. The number of nitrogen functional groups attached to an aromatic ring is 1. The number of unbranched alkanes of at least 4 members (excludes halogenated alkanes) is 1. The third kappa shape index (κ3) is 5.94. The summed E-state index contributed by atoms with van der Waals surface area (Å²) in [6.07, 6.45) is 5.04. The van der Waals surface area contributed by atoms with Gasteiger partial charge in [-0.2, -0.15) is 4.98 Å². The molecule has 0 unspecified atom stereocenters. The maximum absolute atomic E-state index is 11.3. The average Bonchev–Trinajstić information content (AvgIpc) is 2.55. The molecule has 0 aliphatic carbocycles. The van der Waals surface area contributed by atoms with Crippen LogP contribution in [0.2, 0.25) is 0 Å². The Morgan fingerprint density at radius 1 is 1.35 bits per heavy atom. The molecule has 0 aliphatic heterocycles. The van der Waals surface area contributed by atoms with E-state index in [1.807, 2.05) is 0 Å². The van der Waals surface area contributed by atoms with Gasteiger partial charge in [0.25, 0.3) is 5.56 Å². The number of carboxylic acids is 1. The predicted molar refractivity (Wildman–Crippen MR) is 84.3 cm³/mol. The number of aliphatic carboxylic acids is 1. The van der Waals surface area contributed by atoms with Crippen LogP contribution < -0.4 is 28.3 Å². The second-order valence-electron chi connectivity index (χ2n) is 4.52. The van der Waals surface area contributed by atoms with Crippen molar-refractivity contribution in [3.8, 4) is 0 Å². The van der Waals surface area contributed by atoms with Crippen LogP contribution in [0.3, 0.4) is 0 Å². The molecule has 0 radical (unpaired) electrons. The van der Waals surface area contributed by atoms with Gasteiger partial charge in [0.2, 0.25) is 5.95 Å². The van der Waals surface area contributed by atoms with Gasteiger partial charge < -0.3 is 16.6 Å². The van der Waals surface area contributed by atoms with Crippen LogP contribution in [0, 0.1) is 0 Å². The molecule has 0 saturated heterocycles. The summed E-state index contributed by atoms with van der Waals surface area (Å²) in [4.78, 5) is 35.4. The van der Waals surface area contributed by atoms with Crippen LogP contribution in [0.5, 0.6) is 0 Å². The largest absolute Gasteiger partial charge is 0.480 e. The zero-order valence-electron chi connectivity index (χ0n) is 12.4. The van der Waals surface area contributed by atoms with E-state index in [1.54, 1.807) is 0 Å². The number of aromatic amines is 1. The monoisotopic (exact) mass is 324 g/mol. The SMILES string of the molecule is NCCCC[C@H](N)C(=O)O.NNc1nc2nccnc2c(=O)[nH]1. The maximum Gasteiger partial charge on any atom is 0.320 e. The Labute approximate surface area is 131 Å². The van der Waals surface area contributed by atoms with Crippen molar-refractivity contribution in [1.82, 2.24) is 19.9 Å². The highest BCUT2D eigenvalue weighted by molar-refractivity contribution is 5.72. The van der Waals surface area contributed by atoms with Gasteiger partial charge in [-0.15, -0.1) is 0 Å². The number of nitrogens with zero attached hydrogens (tertiary/aromatic N) is 3. The minimum absolute atomic E-state index is 0.165. The molecule has 0 spiro atoms. The second kappa shape index (κ2) is 9.40. The highest BCUT2D eigenvalue weighted by atomic mass is 16.4. The van der Waals surface area contributed by atoms with Crippen LogP contribution >= 0.6 is 0 Å². The van der Waals surface area contributed by atoms with E-state index in [1.165, 1.54) is 12.4 Å². The van der Waals surface area contributed by atoms with Gasteiger partial charge in [0.05, 0.1) is 0 Å². The first-order valence-electron chi connectivity index (χ1n) is 6.85. The van der Waals surface area contributed by atoms with E-state index in [0.717, 1.165) is 12.8 Å². The summed E-state index contributed by atoms with van der Waals surface area (Å²) in [5.41, 5.74) is 12.7. The highest BCUT2D eigenvalue weighted by Crippen LogP contribution is 2.00. The molecule has 126 valence electrons. The van der Waals surface area contributed by atoms with Gasteiger partial charge >= 0.3 is 5.97 Å². The number of carboxylic acid groups (broad SMARTS) is 1. The summed E-state index contributed by atoms with van der Waals surface area (Å²) in [6, 6.07) is -0.716. The number of hydrogen-bond acceptors (Lipinski definition) is 9. The molecule has 0 aliphatic rings. The summed E-state index contributed by atoms with van der Waals surface area (Å²) in [7, 11) is 0. The first kappa shape index (κ1) is 18.4. The Morgan fingerprint density at radius 3 is 2.65 bits per heavy atom. The van der Waals surface area contributed by atoms with Crippen molar-refractivity contribution in [3.63, 3.8) is 0 Å². The Kier molecular flexibility index (Phi) is 7.53. The number of H-pyrrole nitrogens is 1. The molecule has 2 rings (SSSR count). The Balaban J connectivity index is 0.000000241. The fourth-order valence-electron chi connectivity index (χ4n) is 1.57. The lowest BCUT2D eigenvalue weighted by atomic mass is 10.1. The van der Waals surface area contributed by atoms with Crippen molar-refractivity contribution in [2.45, 2.75) is 25.3 Å². The lowest BCUT2D eigenvalue weighted by molar-refractivity contribution is -0.138. The van der Waals surface area contributed by atoms with E-state index in [9.17, 15) is 9.59 Å². The van der Waals surface area contributed by atoms with E-state index in [4.69, 9.17) is 22.4 Å². The standard InChI is InChI=1S/C6H6N6O.C6H14N2O2/c7-12-6-10-4-3(5(13)11-6)8-1-2-9-4;7-4-2-1-3-5(8)6(9)10/h1-2H,7H2,(H2,9,10,11,12,13);5H,1-4,7-8H2,(H,9,10)/t;5-/m.0/s1. The fraction of sp³-hybridized carbons (Fsp3) is 0.417. The van der Waals surface area contributed by atoms with E-state index < -0.39 is 12.0 Å². The van der Waals surface area contributed by atoms with Crippen molar-refractivity contribution in [2.24, 2.45) is 17.3 Å². The predicted octanol–water partition coefficient (Wildman–Crippen LogP) is -1.47. The van der Waals surface area contributed by atoms with E-state index in [0.29, 0.717) is 13.0 Å². The molecule has 0 amide bonds. The maximum atomic E-state index is 11.3. The topological polar surface area (TPSA) is 199 Å². The van der Waals surface area contributed by atoms with Crippen molar-refractivity contribution in [1.29, 1.82) is 0 Å². The Bertz CT molecular complexity index is 689. The molecule has 9 N–H and O–H groups in total. The normalized spacial score (nSPS) is 11.4. The average molecular weight is 324 g/mol. The van der Waals surface area contributed by atoms with E-state index in [2.05, 4.69) is 25.4 Å². The Hall–Kier alpha value is -2.63. The minimum atomic E-state index is -0.933. The summed E-state index contributed by atoms with van der Waals surface area (Å²) in [5, 5.41) is 8.33. The number of carbonyl (C=O) groups is 1. The molecule has 2 aromatic heterocycles. The third-order valence-electron chi connectivity index (χ3n) is 2.77. The lowest BCUT2D eigenvalue weighted by Gasteiger charge is -2.03. The van der Waals surface area contributed by atoms with Gasteiger partial charge in [-0.3, -0.25) is 20.0 Å². The van der Waals surface area contributed by atoms with Gasteiger partial charge in [0, 0.05) is 12.4 Å². The first-order valence-corrected chi connectivity index (χ1v) is 6.85. The molecule has 1 atom stereocenters. The molecule has 11 heteroatoms. The minimum Gasteiger partial charge on any atom is -0.480 e. The van der Waals surface area contributed by atoms with Crippen LogP contribution in [-0.2, 0) is 4.79 Å². The van der Waals surface area contributed by atoms with Crippen LogP contribution in [0.4, 0.5) is 5.95 Å². The first-order chi connectivity index (χ1) is 11.0. The molecule has 0 bridgehead atoms. The zero-order chi connectivity index (χ0) is 17.2. The molecule has 0 aromatic carbocycles. The third-order valence-corrected chi connectivity index (χ3v) is 2.77. The second-order valence-corrected chi connectivity index (χ2v) is 4.52. The lowest BCUT2D eigenvalue weighted by Crippen LogP contribution is -2.29. The van der Waals surface area contributed by atoms with Crippen molar-refractivity contribution >= 4 is 23.1 Å². The number of hydrogen-bond donors (Lipinski definition) is 6. The van der Waals surface area contributed by atoms with Gasteiger partial charge in [0.1, 0.15) is 6.04 Å². The van der Waals surface area contributed by atoms with E-state index in [-0.39, 0.29) is 22.7 Å². The molecule has 2 aromatic rings. The summed E-state index contributed by atoms with van der Waals surface area (Å²) in [5.74, 6) is 4.31. The molecule has 11 nitrogen and oxygen atoms in total. The zero-order valence-corrected chi connectivity index (χ0v) is 12.4. The Morgan fingerprint density at radius 2 is 2.04 bits per heavy atom. The number of fused-ring (bicyclic) bond motifs is 1. The molecule has 2 heterocycles. The number of anilines is 1. The molecular weight excluding hydrogens is 304 g/mol. The number of aromatic nitrogens is 4. The smallest absolute Gasteiger partial charge is 0.320 e. The van der Waals surface area contributed by atoms with Crippen LogP contribution in [0.15, 0.2) is 17.2 Å². The summed E-state index contributed by atoms with van der Waals surface area (Å²) >= 11 is 0. The van der Waals surface area contributed by atoms with Crippen LogP contribution in [-0.4, -0.2) is 43.6 Å². The number of nitrogens with two attached hydrogens (primary N) is 3. The van der Waals surface area contributed by atoms with Crippen LogP contribution in [0.25, 0.3) is 11.2 Å². The number of hydrazine groups is 1. The summed E-state index contributed by atoms with van der Waals surface area (Å²) < 4.78 is 0. The van der Waals surface area contributed by atoms with Gasteiger partial charge in [-0.1, -0.05) is 6.42 Å². The van der Waals surface area contributed by atoms with Gasteiger partial charge in [-0.25, -0.2) is 15.8 Å². The van der Waals surface area contributed by atoms with Gasteiger partial charge in [0.15, 0.2) is 11.2 Å². The molecule has 0 saturated carbocycles. The molecular formula is C12H20N8O3. The van der Waals surface area contributed by atoms with Gasteiger partial charge in [-0.05, 0) is 19.4 Å². The van der Waals surface area contributed by atoms with Crippen molar-refractivity contribution in [3.05, 3.63) is 22.7 Å². The van der Waals surface area contributed by atoms with Crippen molar-refractivity contribution in [2.75, 3.05) is 12.0 Å². The number of rotatable bonds is 6. The molecule has 23 heavy (non-hydrogen) atoms. The quantitative estimate of drug-likeness (QED) is 0.207. The highest BCUT2D eigenvalue weighted by Gasteiger charge is 2.09. The van der Waals surface area contributed by atoms with E-state index >= 15 is 0 Å². The van der Waals surface area contributed by atoms with Crippen LogP contribution in [0.1, 0.15) is 19.3 Å². The van der Waals surface area contributed by atoms with Crippen molar-refractivity contribution < 1.29 is 9.90 Å². The number of nitrogens with one attached hydrogen (secondary N) is 2. The molecule has 0 fully saturated rings. The fourth-order valence-corrected chi connectivity index (χ4v) is 1.57.